The quantitative estimate of drug-likeness (QED) is 0.179. The Morgan fingerprint density at radius 2 is 1.67 bits per heavy atom. The number of hydrogen-bond acceptors (Lipinski definition) is 9. The molecule has 5 unspecified atom stereocenters. The second kappa shape index (κ2) is 7.91. The maximum absolute atomic E-state index is 11.2. The standard InChI is InChI=1S/H4O10P2S6/c1-11(2,3)16(7)15(6)10-12(4,5)17(8)18(9)14-13/h13H,(H,4,5)(H2,1,2,3). The van der Waals surface area contributed by atoms with E-state index >= 15 is 0 Å². The van der Waals surface area contributed by atoms with Crippen molar-refractivity contribution in [2.24, 2.45) is 0 Å². The number of rotatable bonds is 7. The van der Waals surface area contributed by atoms with Crippen LogP contribution in [0.3, 0.4) is 0 Å². The first kappa shape index (κ1) is 20.1. The summed E-state index contributed by atoms with van der Waals surface area (Å²) in [6.07, 6.45) is 0. The van der Waals surface area contributed by atoms with Gasteiger partial charge >= 0.3 is 23.7 Å². The molecule has 0 bridgehead atoms. The van der Waals surface area contributed by atoms with Gasteiger partial charge in [0, 0.05) is 0 Å². The van der Waals surface area contributed by atoms with Crippen molar-refractivity contribution < 1.29 is 45.6 Å². The van der Waals surface area contributed by atoms with Gasteiger partial charge in [-0.1, -0.05) is 0 Å². The monoisotopic (exact) mass is 418 g/mol. The molecule has 0 saturated carbocycles. The van der Waals surface area contributed by atoms with Crippen molar-refractivity contribution in [3.8, 4) is 0 Å². The lowest BCUT2D eigenvalue weighted by molar-refractivity contribution is 0.391. The van der Waals surface area contributed by atoms with E-state index in [-0.39, 0.29) is 9.83 Å². The average Bonchev–Trinajstić information content (AvgIpc) is 2.23. The minimum Gasteiger partial charge on any atom is -0.594 e. The van der Waals surface area contributed by atoms with Gasteiger partial charge in [-0.05, 0) is 11.7 Å². The zero-order valence-corrected chi connectivity index (χ0v) is 14.3. The number of thiol groups is 1. The molecule has 0 fully saturated rings. The first-order valence-electron chi connectivity index (χ1n) is 3.03. The van der Waals surface area contributed by atoms with Crippen molar-refractivity contribution >= 4 is 74.1 Å². The molecule has 0 aliphatic carbocycles. The highest BCUT2D eigenvalue weighted by Crippen LogP contribution is 2.57. The molecule has 0 aliphatic heterocycles. The summed E-state index contributed by atoms with van der Waals surface area (Å²) in [6, 6.07) is 0. The Balaban J connectivity index is 4.84. The van der Waals surface area contributed by atoms with Crippen molar-refractivity contribution in [2.45, 2.75) is 0 Å². The summed E-state index contributed by atoms with van der Waals surface area (Å²) >= 11 is 3.34. The van der Waals surface area contributed by atoms with Crippen LogP contribution >= 0.6 is 35.1 Å². The van der Waals surface area contributed by atoms with Gasteiger partial charge in [0.2, 0.25) is 9.83 Å². The molecule has 110 valence electrons. The SMILES string of the molecule is O=S(OP(=O)(O)[S+]([O-])[S+]([O-])SS)[S+]([O-])P(=O)(O)O. The van der Waals surface area contributed by atoms with Crippen molar-refractivity contribution in [3.05, 3.63) is 0 Å². The van der Waals surface area contributed by atoms with Crippen LogP contribution in [-0.2, 0) is 52.1 Å². The van der Waals surface area contributed by atoms with Crippen LogP contribution < -0.4 is 0 Å². The summed E-state index contributed by atoms with van der Waals surface area (Å²) in [5, 5.41) is 0. The minimum absolute atomic E-state index is 0.127. The van der Waals surface area contributed by atoms with Crippen LogP contribution in [-0.4, -0.2) is 32.5 Å². The molecule has 5 atom stereocenters. The van der Waals surface area contributed by atoms with Crippen molar-refractivity contribution in [2.75, 3.05) is 0 Å². The molecule has 3 N–H and O–H groups in total. The summed E-state index contributed by atoms with van der Waals surface area (Å²) in [7, 11) is -12.3. The van der Waals surface area contributed by atoms with Crippen LogP contribution in [0.1, 0.15) is 0 Å². The van der Waals surface area contributed by atoms with E-state index in [0.29, 0.717) is 0 Å². The largest absolute Gasteiger partial charge is 0.605 e. The van der Waals surface area contributed by atoms with Gasteiger partial charge in [-0.2, -0.15) is 4.21 Å². The van der Waals surface area contributed by atoms with E-state index in [1.807, 2.05) is 0 Å². The predicted octanol–water partition coefficient (Wildman–Crippen LogP) is -0.571. The van der Waals surface area contributed by atoms with E-state index in [0.717, 1.165) is 0 Å². The summed E-state index contributed by atoms with van der Waals surface area (Å²) in [5.41, 5.74) is 0. The van der Waals surface area contributed by atoms with E-state index in [9.17, 15) is 27.0 Å². The molecule has 0 radical (unpaired) electrons. The highest BCUT2D eigenvalue weighted by molar-refractivity contribution is 9.24. The molecule has 0 aromatic carbocycles. The fourth-order valence-corrected chi connectivity index (χ4v) is 15.7. The van der Waals surface area contributed by atoms with Crippen LogP contribution in [0.15, 0.2) is 0 Å². The Morgan fingerprint density at radius 1 is 1.22 bits per heavy atom. The van der Waals surface area contributed by atoms with Crippen molar-refractivity contribution in [1.82, 2.24) is 0 Å². The maximum atomic E-state index is 11.2. The second-order valence-electron chi connectivity index (χ2n) is 1.95. The molecule has 0 aliphatic rings. The third kappa shape index (κ3) is 6.24. The average molecular weight is 418 g/mol. The van der Waals surface area contributed by atoms with Gasteiger partial charge in [0.05, 0.1) is 0 Å². The van der Waals surface area contributed by atoms with Crippen molar-refractivity contribution in [1.29, 1.82) is 0 Å². The van der Waals surface area contributed by atoms with Crippen molar-refractivity contribution in [3.63, 3.8) is 0 Å². The van der Waals surface area contributed by atoms with Gasteiger partial charge in [-0.15, -0.1) is 3.97 Å². The van der Waals surface area contributed by atoms with Gasteiger partial charge in [0.15, 0.2) is 9.83 Å². The summed E-state index contributed by atoms with van der Waals surface area (Å²) in [4.78, 5) is 25.7. The van der Waals surface area contributed by atoms with Gasteiger partial charge in [0.1, 0.15) is 0 Å². The first-order chi connectivity index (χ1) is 7.93. The topological polar surface area (TPSA) is 190 Å². The van der Waals surface area contributed by atoms with Gasteiger partial charge < -0.3 is 13.7 Å². The summed E-state index contributed by atoms with van der Waals surface area (Å²) in [6.45, 7) is -10.6. The van der Waals surface area contributed by atoms with E-state index in [1.165, 1.54) is 0 Å². The van der Waals surface area contributed by atoms with Gasteiger partial charge in [0.25, 0.3) is 19.1 Å². The Labute approximate surface area is 119 Å². The summed E-state index contributed by atoms with van der Waals surface area (Å²) < 4.78 is 68.9. The van der Waals surface area contributed by atoms with Crippen LogP contribution in [0.5, 0.6) is 0 Å². The Morgan fingerprint density at radius 3 is 2.00 bits per heavy atom. The molecule has 0 saturated heterocycles. The molecule has 0 rings (SSSR count). The molecule has 18 heavy (non-hydrogen) atoms. The minimum atomic E-state index is -5.34. The molecule has 18 heteroatoms. The molecule has 0 aromatic rings. The molecule has 0 amide bonds. The smallest absolute Gasteiger partial charge is 0.594 e. The summed E-state index contributed by atoms with van der Waals surface area (Å²) in [5.74, 6) is 0. The lowest BCUT2D eigenvalue weighted by Crippen LogP contribution is -2.16. The van der Waals surface area contributed by atoms with Crippen LogP contribution in [0.2, 0.25) is 0 Å². The van der Waals surface area contributed by atoms with Crippen LogP contribution in [0.25, 0.3) is 0 Å². The molecule has 0 spiro atoms. The Bertz CT molecular complexity index is 388. The number of hydrogen-bond donors (Lipinski definition) is 4. The highest BCUT2D eigenvalue weighted by Gasteiger charge is 2.55. The molecular weight excluding hydrogens is 414 g/mol. The Hall–Kier alpha value is 2.08. The molecule has 10 nitrogen and oxygen atoms in total. The molecule has 0 aromatic heterocycles. The van der Waals surface area contributed by atoms with E-state index in [1.54, 1.807) is 0 Å². The van der Waals surface area contributed by atoms with E-state index in [4.69, 9.17) is 14.7 Å². The zero-order valence-electron chi connectivity index (χ0n) is 7.58. The lowest BCUT2D eigenvalue weighted by Gasteiger charge is -2.12. The first-order valence-corrected chi connectivity index (χ1v) is 15.4. The Kier molecular flexibility index (Phi) is 8.82. The van der Waals surface area contributed by atoms with E-state index in [2.05, 4.69) is 15.6 Å². The van der Waals surface area contributed by atoms with Gasteiger partial charge in [-0.25, -0.2) is 9.13 Å². The maximum Gasteiger partial charge on any atom is 0.605 e. The normalized spacial score (nSPS) is 22.8. The second-order valence-corrected chi connectivity index (χ2v) is 19.5. The lowest BCUT2D eigenvalue weighted by atomic mass is 15.8. The fourth-order valence-electron chi connectivity index (χ4n) is 0.310. The third-order valence-electron chi connectivity index (χ3n) is 0.831. The van der Waals surface area contributed by atoms with Gasteiger partial charge in [-0.3, -0.25) is 14.7 Å². The highest BCUT2D eigenvalue weighted by atomic mass is 33.8. The third-order valence-corrected chi connectivity index (χ3v) is 19.1. The molecular formula is H4O10P2S6. The fraction of sp³-hybridized carbons (Fsp3) is 0. The molecule has 0 heterocycles. The van der Waals surface area contributed by atoms with E-state index < -0.39 is 52.6 Å². The van der Waals surface area contributed by atoms with Crippen LogP contribution in [0, 0.1) is 0 Å². The predicted molar refractivity (Wildman–Crippen MR) is 72.1 cm³/mol. The zero-order chi connectivity index (χ0) is 14.7. The van der Waals surface area contributed by atoms with Crippen LogP contribution in [0.4, 0.5) is 0 Å².